The highest BCUT2D eigenvalue weighted by Crippen LogP contribution is 2.24. The van der Waals surface area contributed by atoms with Crippen molar-refractivity contribution < 1.29 is 29.0 Å². The van der Waals surface area contributed by atoms with E-state index < -0.39 is 18.4 Å². The average molecular weight is 525 g/mol. The van der Waals surface area contributed by atoms with Gasteiger partial charge in [-0.2, -0.15) is 0 Å². The van der Waals surface area contributed by atoms with Crippen LogP contribution in [0, 0.1) is 11.8 Å². The van der Waals surface area contributed by atoms with E-state index in [9.17, 15) is 14.4 Å². The SMILES string of the molecule is CO[C@@H]([C@@H](C)[C@@H](/C=C/c1ccccc1)OC)[C@H](C)/C=C/C(C)=C/C(=O)N/C=C\C/C=C\C(=O)NCC(=O)O. The number of aliphatic carboxylic acids is 1. The maximum Gasteiger partial charge on any atom is 0.322 e. The second kappa shape index (κ2) is 18.5. The molecule has 0 unspecified atom stereocenters. The second-order valence-electron chi connectivity index (χ2n) is 8.80. The molecule has 8 heteroatoms. The van der Waals surface area contributed by atoms with Crippen molar-refractivity contribution in [3.63, 3.8) is 0 Å². The third-order valence-electron chi connectivity index (χ3n) is 5.70. The van der Waals surface area contributed by atoms with Crippen LogP contribution in [-0.2, 0) is 23.9 Å². The molecule has 1 aromatic rings. The first-order valence-corrected chi connectivity index (χ1v) is 12.4. The molecule has 0 aliphatic heterocycles. The minimum absolute atomic E-state index is 0.0727. The van der Waals surface area contributed by atoms with Crippen LogP contribution in [0.4, 0.5) is 0 Å². The summed E-state index contributed by atoms with van der Waals surface area (Å²) in [4.78, 5) is 33.9. The van der Waals surface area contributed by atoms with E-state index in [1.54, 1.807) is 26.4 Å². The Morgan fingerprint density at radius 1 is 0.974 bits per heavy atom. The Kier molecular flexibility index (Phi) is 15.7. The van der Waals surface area contributed by atoms with Gasteiger partial charge in [0.25, 0.3) is 0 Å². The maximum atomic E-state index is 12.1. The molecule has 0 aliphatic rings. The zero-order chi connectivity index (χ0) is 28.3. The van der Waals surface area contributed by atoms with Gasteiger partial charge in [0.1, 0.15) is 6.54 Å². The highest BCUT2D eigenvalue weighted by atomic mass is 16.5. The first kappa shape index (κ1) is 32.3. The van der Waals surface area contributed by atoms with E-state index in [-0.39, 0.29) is 30.0 Å². The van der Waals surface area contributed by atoms with Gasteiger partial charge in [-0.05, 0) is 30.6 Å². The molecule has 0 aromatic heterocycles. The lowest BCUT2D eigenvalue weighted by molar-refractivity contribution is -0.137. The van der Waals surface area contributed by atoms with Crippen LogP contribution in [0.2, 0.25) is 0 Å². The molecule has 4 atom stereocenters. The van der Waals surface area contributed by atoms with Gasteiger partial charge in [0.2, 0.25) is 11.8 Å². The van der Waals surface area contributed by atoms with E-state index in [1.165, 1.54) is 18.4 Å². The van der Waals surface area contributed by atoms with Crippen molar-refractivity contribution in [1.82, 2.24) is 10.6 Å². The predicted octanol–water partition coefficient (Wildman–Crippen LogP) is 4.28. The van der Waals surface area contributed by atoms with Gasteiger partial charge in [0.15, 0.2) is 0 Å². The molecule has 206 valence electrons. The highest BCUT2D eigenvalue weighted by molar-refractivity contribution is 5.90. The number of amides is 2. The third kappa shape index (κ3) is 13.5. The van der Waals surface area contributed by atoms with E-state index in [2.05, 4.69) is 30.6 Å². The molecule has 38 heavy (non-hydrogen) atoms. The number of benzene rings is 1. The number of hydrogen-bond acceptors (Lipinski definition) is 5. The van der Waals surface area contributed by atoms with Gasteiger partial charge in [-0.25, -0.2) is 0 Å². The van der Waals surface area contributed by atoms with Gasteiger partial charge in [0.05, 0.1) is 12.2 Å². The van der Waals surface area contributed by atoms with E-state index in [1.807, 2.05) is 55.5 Å². The van der Waals surface area contributed by atoms with Crippen molar-refractivity contribution in [3.8, 4) is 0 Å². The molecular weight excluding hydrogens is 484 g/mol. The van der Waals surface area contributed by atoms with Gasteiger partial charge in [0, 0.05) is 38.3 Å². The summed E-state index contributed by atoms with van der Waals surface area (Å²) in [7, 11) is 3.39. The molecule has 0 spiro atoms. The van der Waals surface area contributed by atoms with Crippen molar-refractivity contribution in [2.24, 2.45) is 11.8 Å². The summed E-state index contributed by atoms with van der Waals surface area (Å²) in [6.07, 6.45) is 15.7. The smallest absolute Gasteiger partial charge is 0.322 e. The van der Waals surface area contributed by atoms with Crippen molar-refractivity contribution >= 4 is 23.9 Å². The number of carbonyl (C=O) groups is 3. The Bertz CT molecular complexity index is 1030. The summed E-state index contributed by atoms with van der Waals surface area (Å²) >= 11 is 0. The summed E-state index contributed by atoms with van der Waals surface area (Å²) in [5.74, 6) is -1.72. The number of ether oxygens (including phenoxy) is 2. The lowest BCUT2D eigenvalue weighted by Gasteiger charge is -2.30. The summed E-state index contributed by atoms with van der Waals surface area (Å²) < 4.78 is 11.5. The number of carbonyl (C=O) groups excluding carboxylic acids is 2. The molecule has 0 bridgehead atoms. The number of methoxy groups -OCH3 is 2. The van der Waals surface area contributed by atoms with Crippen LogP contribution in [0.25, 0.3) is 6.08 Å². The van der Waals surface area contributed by atoms with Crippen molar-refractivity contribution in [2.75, 3.05) is 20.8 Å². The van der Waals surface area contributed by atoms with Crippen LogP contribution in [-0.4, -0.2) is 55.9 Å². The average Bonchev–Trinajstić information content (AvgIpc) is 2.89. The van der Waals surface area contributed by atoms with Crippen LogP contribution in [0.1, 0.15) is 32.8 Å². The summed E-state index contributed by atoms with van der Waals surface area (Å²) in [5.41, 5.74) is 1.89. The van der Waals surface area contributed by atoms with Gasteiger partial charge in [-0.3, -0.25) is 14.4 Å². The maximum absolute atomic E-state index is 12.1. The number of hydrogen-bond donors (Lipinski definition) is 3. The molecule has 0 heterocycles. The van der Waals surface area contributed by atoms with Crippen LogP contribution >= 0.6 is 0 Å². The molecule has 0 saturated heterocycles. The summed E-state index contributed by atoms with van der Waals surface area (Å²) in [6.45, 7) is 5.58. The lowest BCUT2D eigenvalue weighted by Crippen LogP contribution is -2.35. The lowest BCUT2D eigenvalue weighted by atomic mass is 9.88. The second-order valence-corrected chi connectivity index (χ2v) is 8.80. The molecule has 0 radical (unpaired) electrons. The van der Waals surface area contributed by atoms with Crippen LogP contribution in [0.3, 0.4) is 0 Å². The Morgan fingerprint density at radius 3 is 2.32 bits per heavy atom. The standard InChI is InChI=1S/C30H40N2O6/c1-22(20-28(34)31-19-11-7-10-14-27(33)32-21-29(35)36)15-16-23(2)30(38-5)24(3)26(37-4)18-17-25-12-8-6-9-13-25/h6,8-20,23-24,26,30H,7,21H2,1-5H3,(H,31,34)(H,32,33)(H,35,36)/b14-10-,16-15+,18-17+,19-11-,22-20+/t23-,24+,26-,30-/m1/s1. The van der Waals surface area contributed by atoms with Gasteiger partial charge in [-0.1, -0.05) is 80.6 Å². The minimum atomic E-state index is -1.11. The van der Waals surface area contributed by atoms with Crippen LogP contribution in [0.15, 0.2) is 84.6 Å². The fraction of sp³-hybridized carbons (Fsp3) is 0.367. The zero-order valence-corrected chi connectivity index (χ0v) is 22.8. The molecule has 3 N–H and O–H groups in total. The Morgan fingerprint density at radius 2 is 1.68 bits per heavy atom. The van der Waals surface area contributed by atoms with Gasteiger partial charge < -0.3 is 25.2 Å². The molecular formula is C30H40N2O6. The van der Waals surface area contributed by atoms with E-state index in [0.717, 1.165) is 11.1 Å². The summed E-state index contributed by atoms with van der Waals surface area (Å²) in [6, 6.07) is 10.1. The molecule has 1 rings (SSSR count). The Balaban J connectivity index is 2.59. The molecule has 0 fully saturated rings. The summed E-state index contributed by atoms with van der Waals surface area (Å²) in [5, 5.41) is 13.4. The number of rotatable bonds is 16. The van der Waals surface area contributed by atoms with Crippen LogP contribution < -0.4 is 10.6 Å². The normalized spacial score (nSPS) is 15.7. The minimum Gasteiger partial charge on any atom is -0.480 e. The molecule has 8 nitrogen and oxygen atoms in total. The first-order chi connectivity index (χ1) is 18.2. The topological polar surface area (TPSA) is 114 Å². The van der Waals surface area contributed by atoms with Crippen molar-refractivity contribution in [2.45, 2.75) is 39.4 Å². The fourth-order valence-corrected chi connectivity index (χ4v) is 3.73. The third-order valence-corrected chi connectivity index (χ3v) is 5.70. The number of allylic oxidation sites excluding steroid dienone is 4. The van der Waals surface area contributed by atoms with E-state index in [4.69, 9.17) is 14.6 Å². The largest absolute Gasteiger partial charge is 0.480 e. The number of nitrogens with one attached hydrogen (secondary N) is 2. The van der Waals surface area contributed by atoms with E-state index in [0.29, 0.717) is 6.42 Å². The first-order valence-electron chi connectivity index (χ1n) is 12.4. The van der Waals surface area contributed by atoms with Gasteiger partial charge >= 0.3 is 5.97 Å². The van der Waals surface area contributed by atoms with Gasteiger partial charge in [-0.15, -0.1) is 0 Å². The number of carboxylic acids is 1. The Hall–Kier alpha value is -3.75. The molecule has 2 amide bonds. The number of carboxylic acid groups (broad SMARTS) is 1. The molecule has 0 saturated carbocycles. The fourth-order valence-electron chi connectivity index (χ4n) is 3.73. The Labute approximate surface area is 225 Å². The quantitative estimate of drug-likeness (QED) is 0.220. The predicted molar refractivity (Wildman–Crippen MR) is 150 cm³/mol. The zero-order valence-electron chi connectivity index (χ0n) is 22.8. The highest BCUT2D eigenvalue weighted by Gasteiger charge is 2.27. The van der Waals surface area contributed by atoms with Crippen molar-refractivity contribution in [1.29, 1.82) is 0 Å². The monoisotopic (exact) mass is 524 g/mol. The molecule has 1 aromatic carbocycles. The van der Waals surface area contributed by atoms with Crippen LogP contribution in [0.5, 0.6) is 0 Å². The van der Waals surface area contributed by atoms with E-state index >= 15 is 0 Å². The molecule has 0 aliphatic carbocycles. The van der Waals surface area contributed by atoms with Crippen molar-refractivity contribution in [3.05, 3.63) is 90.2 Å².